The zero-order valence-corrected chi connectivity index (χ0v) is 12.5. The van der Waals surface area contributed by atoms with Crippen LogP contribution in [0, 0.1) is 0 Å². The lowest BCUT2D eigenvalue weighted by atomic mass is 9.89. The molecule has 1 aliphatic rings. The number of benzene rings is 1. The molecule has 0 heterocycles. The summed E-state index contributed by atoms with van der Waals surface area (Å²) in [6.07, 6.45) is 3.55. The van der Waals surface area contributed by atoms with E-state index in [1.54, 1.807) is 0 Å². The van der Waals surface area contributed by atoms with E-state index >= 15 is 0 Å². The maximum atomic E-state index is 11.8. The van der Waals surface area contributed by atoms with Crippen LogP contribution in [0.25, 0.3) is 0 Å². The maximum Gasteiger partial charge on any atom is 0.321 e. The summed E-state index contributed by atoms with van der Waals surface area (Å²) in [6, 6.07) is 7.90. The molecule has 0 saturated carbocycles. The highest BCUT2D eigenvalue weighted by molar-refractivity contribution is 7.88. The minimum atomic E-state index is -3.37. The number of sulfonamides is 1. The smallest absolute Gasteiger partial charge is 0.321 e. The second-order valence-electron chi connectivity index (χ2n) is 5.09. The molecule has 0 saturated heterocycles. The van der Waals surface area contributed by atoms with E-state index in [1.165, 1.54) is 12.6 Å². The summed E-state index contributed by atoms with van der Waals surface area (Å²) >= 11 is 0. The van der Waals surface area contributed by atoms with Crippen molar-refractivity contribution in [2.45, 2.75) is 25.4 Å². The summed E-state index contributed by atoms with van der Waals surface area (Å²) in [5, 5.41) is 0. The van der Waals surface area contributed by atoms with Crippen molar-refractivity contribution >= 4 is 16.0 Å². The maximum absolute atomic E-state index is 11.8. The molecule has 0 amide bonds. The number of nitrogens with zero attached hydrogens (tertiary/aromatic N) is 1. The van der Waals surface area contributed by atoms with Gasteiger partial charge in [-0.15, -0.1) is 0 Å². The van der Waals surface area contributed by atoms with Gasteiger partial charge in [0.1, 0.15) is 12.6 Å². The Kier molecular flexibility index (Phi) is 4.45. The Bertz CT molecular complexity index is 597. The van der Waals surface area contributed by atoms with Crippen LogP contribution in [-0.2, 0) is 26.0 Å². The highest BCUT2D eigenvalue weighted by atomic mass is 32.2. The first-order chi connectivity index (χ1) is 9.38. The van der Waals surface area contributed by atoms with Gasteiger partial charge in [0.05, 0.1) is 6.26 Å². The predicted octanol–water partition coefficient (Wildman–Crippen LogP) is 1.50. The highest BCUT2D eigenvalue weighted by Gasteiger charge is 2.24. The Morgan fingerprint density at radius 1 is 1.40 bits per heavy atom. The molecular formula is C14H19NO4S. The van der Waals surface area contributed by atoms with Crippen molar-refractivity contribution in [1.82, 2.24) is 4.31 Å². The first-order valence-corrected chi connectivity index (χ1v) is 8.41. The third kappa shape index (κ3) is 3.58. The lowest BCUT2D eigenvalue weighted by Crippen LogP contribution is -2.33. The van der Waals surface area contributed by atoms with Gasteiger partial charge in [-0.25, -0.2) is 8.42 Å². The van der Waals surface area contributed by atoms with E-state index in [2.05, 4.69) is 0 Å². The summed E-state index contributed by atoms with van der Waals surface area (Å²) in [5.74, 6) is -0.514. The Labute approximate surface area is 119 Å². The molecule has 0 radical (unpaired) electrons. The molecule has 0 aliphatic heterocycles. The van der Waals surface area contributed by atoms with Gasteiger partial charge in [0.2, 0.25) is 10.0 Å². The quantitative estimate of drug-likeness (QED) is 0.790. The Morgan fingerprint density at radius 2 is 2.10 bits per heavy atom. The minimum Gasteiger partial charge on any atom is -0.456 e. The van der Waals surface area contributed by atoms with Gasteiger partial charge in [-0.3, -0.25) is 4.79 Å². The Balaban J connectivity index is 2.03. The second-order valence-corrected chi connectivity index (χ2v) is 7.18. The van der Waals surface area contributed by atoms with Crippen molar-refractivity contribution in [2.24, 2.45) is 0 Å². The zero-order chi connectivity index (χ0) is 14.8. The van der Waals surface area contributed by atoms with Crippen molar-refractivity contribution in [3.63, 3.8) is 0 Å². The van der Waals surface area contributed by atoms with Crippen molar-refractivity contribution in [3.05, 3.63) is 35.4 Å². The minimum absolute atomic E-state index is 0.252. The van der Waals surface area contributed by atoms with Crippen LogP contribution < -0.4 is 0 Å². The number of ether oxygens (including phenoxy) is 1. The molecular weight excluding hydrogens is 278 g/mol. The SMILES string of the molecule is CN(CC(=O)O[C@@H]1CCCc2ccccc21)S(C)(=O)=O. The molecule has 5 nitrogen and oxygen atoms in total. The number of carbonyl (C=O) groups excluding carboxylic acids is 1. The fourth-order valence-corrected chi connectivity index (χ4v) is 2.67. The predicted molar refractivity (Wildman–Crippen MR) is 75.7 cm³/mol. The largest absolute Gasteiger partial charge is 0.456 e. The molecule has 2 rings (SSSR count). The lowest BCUT2D eigenvalue weighted by molar-refractivity contribution is -0.150. The van der Waals surface area contributed by atoms with E-state index < -0.39 is 16.0 Å². The molecule has 1 aliphatic carbocycles. The Hall–Kier alpha value is -1.40. The number of rotatable bonds is 4. The van der Waals surface area contributed by atoms with Crippen LogP contribution in [0.4, 0.5) is 0 Å². The number of likely N-dealkylation sites (N-methyl/N-ethyl adjacent to an activating group) is 1. The molecule has 1 aromatic carbocycles. The van der Waals surface area contributed by atoms with E-state index in [1.807, 2.05) is 24.3 Å². The molecule has 0 fully saturated rings. The molecule has 6 heteroatoms. The second kappa shape index (κ2) is 5.93. The number of carbonyl (C=O) groups is 1. The summed E-state index contributed by atoms with van der Waals surface area (Å²) < 4.78 is 29.0. The number of aryl methyl sites for hydroxylation is 1. The van der Waals surface area contributed by atoms with Gasteiger partial charge in [-0.05, 0) is 30.4 Å². The molecule has 0 N–H and O–H groups in total. The standard InChI is InChI=1S/C14H19NO4S/c1-15(20(2,17)18)10-14(16)19-13-9-5-7-11-6-3-4-8-12(11)13/h3-4,6,8,13H,5,7,9-10H2,1-2H3/t13-/m1/s1. The average molecular weight is 297 g/mol. The fraction of sp³-hybridized carbons (Fsp3) is 0.500. The van der Waals surface area contributed by atoms with Crippen molar-refractivity contribution in [2.75, 3.05) is 19.8 Å². The summed E-state index contributed by atoms with van der Waals surface area (Å²) in [6.45, 7) is -0.252. The third-order valence-corrected chi connectivity index (χ3v) is 4.77. The average Bonchev–Trinajstić information content (AvgIpc) is 2.38. The van der Waals surface area contributed by atoms with Crippen LogP contribution in [0.1, 0.15) is 30.1 Å². The molecule has 110 valence electrons. The molecule has 0 unspecified atom stereocenters. The van der Waals surface area contributed by atoms with Gasteiger partial charge in [0.25, 0.3) is 0 Å². The molecule has 0 aromatic heterocycles. The van der Waals surface area contributed by atoms with Crippen LogP contribution in [0.2, 0.25) is 0 Å². The summed E-state index contributed by atoms with van der Waals surface area (Å²) in [4.78, 5) is 11.8. The lowest BCUT2D eigenvalue weighted by Gasteiger charge is -2.26. The van der Waals surface area contributed by atoms with Crippen LogP contribution in [0.15, 0.2) is 24.3 Å². The molecule has 0 spiro atoms. The van der Waals surface area contributed by atoms with E-state index in [9.17, 15) is 13.2 Å². The van der Waals surface area contributed by atoms with Gasteiger partial charge in [0, 0.05) is 7.05 Å². The van der Waals surface area contributed by atoms with Gasteiger partial charge >= 0.3 is 5.97 Å². The number of hydrogen-bond donors (Lipinski definition) is 0. The fourth-order valence-electron chi connectivity index (χ4n) is 2.33. The van der Waals surface area contributed by atoms with E-state index in [0.717, 1.165) is 35.4 Å². The highest BCUT2D eigenvalue weighted by Crippen LogP contribution is 2.32. The Morgan fingerprint density at radius 3 is 2.80 bits per heavy atom. The van der Waals surface area contributed by atoms with Gasteiger partial charge in [0.15, 0.2) is 0 Å². The van der Waals surface area contributed by atoms with Crippen molar-refractivity contribution in [1.29, 1.82) is 0 Å². The van der Waals surface area contributed by atoms with Crippen LogP contribution >= 0.6 is 0 Å². The normalized spacial score (nSPS) is 18.6. The van der Waals surface area contributed by atoms with E-state index in [4.69, 9.17) is 4.74 Å². The van der Waals surface area contributed by atoms with Gasteiger partial charge in [-0.1, -0.05) is 24.3 Å². The number of hydrogen-bond acceptors (Lipinski definition) is 4. The topological polar surface area (TPSA) is 63.7 Å². The zero-order valence-electron chi connectivity index (χ0n) is 11.7. The van der Waals surface area contributed by atoms with Crippen LogP contribution in [-0.4, -0.2) is 38.5 Å². The van der Waals surface area contributed by atoms with Crippen molar-refractivity contribution in [3.8, 4) is 0 Å². The van der Waals surface area contributed by atoms with Crippen molar-refractivity contribution < 1.29 is 17.9 Å². The monoisotopic (exact) mass is 297 g/mol. The van der Waals surface area contributed by atoms with Gasteiger partial charge in [-0.2, -0.15) is 4.31 Å². The third-order valence-electron chi connectivity index (χ3n) is 3.51. The van der Waals surface area contributed by atoms with Crippen LogP contribution in [0.3, 0.4) is 0 Å². The van der Waals surface area contributed by atoms with Gasteiger partial charge < -0.3 is 4.74 Å². The molecule has 0 bridgehead atoms. The van der Waals surface area contributed by atoms with Crippen LogP contribution in [0.5, 0.6) is 0 Å². The molecule has 1 aromatic rings. The number of fused-ring (bicyclic) bond motifs is 1. The molecule has 20 heavy (non-hydrogen) atoms. The first-order valence-electron chi connectivity index (χ1n) is 6.56. The summed E-state index contributed by atoms with van der Waals surface area (Å²) in [7, 11) is -2.00. The number of esters is 1. The summed E-state index contributed by atoms with van der Waals surface area (Å²) in [5.41, 5.74) is 2.24. The molecule has 1 atom stereocenters. The first kappa shape index (κ1) is 15.0. The van der Waals surface area contributed by atoms with E-state index in [-0.39, 0.29) is 12.6 Å². The van der Waals surface area contributed by atoms with E-state index in [0.29, 0.717) is 0 Å².